The zero-order valence-corrected chi connectivity index (χ0v) is 7.91. The number of hydrogen-bond acceptors (Lipinski definition) is 2. The molecule has 0 N–H and O–H groups in total. The molecule has 0 aromatic heterocycles. The maximum absolute atomic E-state index is 10.3. The van der Waals surface area contributed by atoms with Crippen molar-refractivity contribution in [2.24, 2.45) is 0 Å². The number of carboxylic acid groups (broad SMARTS) is 1. The zero-order valence-electron chi connectivity index (χ0n) is 7.91. The summed E-state index contributed by atoms with van der Waals surface area (Å²) in [6.07, 6.45) is 0.0864. The van der Waals surface area contributed by atoms with Crippen LogP contribution in [-0.4, -0.2) is 5.97 Å². The van der Waals surface area contributed by atoms with Crippen LogP contribution in [0.2, 0.25) is 0 Å². The molecule has 2 heteroatoms. The van der Waals surface area contributed by atoms with Gasteiger partial charge in [-0.2, -0.15) is 0 Å². The molecule has 1 aromatic carbocycles. The topological polar surface area (TPSA) is 40.1 Å². The maximum atomic E-state index is 10.3. The minimum absolute atomic E-state index is 0.0330. The molecule has 1 atom stereocenters. The largest absolute Gasteiger partial charge is 0.550 e. The summed E-state index contributed by atoms with van der Waals surface area (Å²) in [5.74, 6) is -0.960. The lowest BCUT2D eigenvalue weighted by molar-refractivity contribution is -0.306. The van der Waals surface area contributed by atoms with E-state index in [1.807, 2.05) is 38.1 Å². The summed E-state index contributed by atoms with van der Waals surface area (Å²) in [5, 5.41) is 10.3. The summed E-state index contributed by atoms with van der Waals surface area (Å²) in [4.78, 5) is 10.3. The molecule has 0 aliphatic heterocycles. The van der Waals surface area contributed by atoms with Crippen molar-refractivity contribution in [3.05, 3.63) is 35.4 Å². The second kappa shape index (κ2) is 4.08. The van der Waals surface area contributed by atoms with Gasteiger partial charge in [-0.15, -0.1) is 0 Å². The molecule has 1 aromatic rings. The Morgan fingerprint density at radius 3 is 2.38 bits per heavy atom. The van der Waals surface area contributed by atoms with Crippen molar-refractivity contribution in [1.82, 2.24) is 0 Å². The van der Waals surface area contributed by atoms with Crippen LogP contribution in [0.25, 0.3) is 0 Å². The number of aliphatic carboxylic acids is 1. The molecule has 0 bridgehead atoms. The average molecular weight is 177 g/mol. The molecular formula is C11H13O2-. The second-order valence-corrected chi connectivity index (χ2v) is 3.39. The van der Waals surface area contributed by atoms with Crippen LogP contribution < -0.4 is 5.11 Å². The first-order valence-electron chi connectivity index (χ1n) is 4.36. The molecular weight excluding hydrogens is 164 g/mol. The van der Waals surface area contributed by atoms with Gasteiger partial charge in [0.25, 0.3) is 0 Å². The van der Waals surface area contributed by atoms with Crippen molar-refractivity contribution >= 4 is 5.97 Å². The van der Waals surface area contributed by atoms with Gasteiger partial charge >= 0.3 is 0 Å². The van der Waals surface area contributed by atoms with Crippen LogP contribution in [0, 0.1) is 6.92 Å². The summed E-state index contributed by atoms with van der Waals surface area (Å²) in [6, 6.07) is 7.90. The summed E-state index contributed by atoms with van der Waals surface area (Å²) >= 11 is 0. The molecule has 0 spiro atoms. The fraction of sp³-hybridized carbons (Fsp3) is 0.364. The molecule has 70 valence electrons. The van der Waals surface area contributed by atoms with Gasteiger partial charge in [-0.05, 0) is 24.8 Å². The van der Waals surface area contributed by atoms with Gasteiger partial charge in [0.05, 0.1) is 0 Å². The predicted molar refractivity (Wildman–Crippen MR) is 49.2 cm³/mol. The Labute approximate surface area is 78.2 Å². The molecule has 1 rings (SSSR count). The molecule has 0 amide bonds. The highest BCUT2D eigenvalue weighted by atomic mass is 16.4. The van der Waals surface area contributed by atoms with Crippen molar-refractivity contribution in [1.29, 1.82) is 0 Å². The molecule has 0 saturated heterocycles. The van der Waals surface area contributed by atoms with Gasteiger partial charge in [-0.1, -0.05) is 36.8 Å². The Morgan fingerprint density at radius 2 is 1.92 bits per heavy atom. The van der Waals surface area contributed by atoms with Gasteiger partial charge in [0.15, 0.2) is 0 Å². The van der Waals surface area contributed by atoms with E-state index in [0.717, 1.165) is 5.56 Å². The Bertz CT molecular complexity index is 287. The third-order valence-corrected chi connectivity index (χ3v) is 2.12. The first-order valence-corrected chi connectivity index (χ1v) is 4.36. The van der Waals surface area contributed by atoms with E-state index in [2.05, 4.69) is 0 Å². The third-order valence-electron chi connectivity index (χ3n) is 2.12. The van der Waals surface area contributed by atoms with E-state index >= 15 is 0 Å². The smallest absolute Gasteiger partial charge is 0.0420 e. The van der Waals surface area contributed by atoms with Crippen molar-refractivity contribution in [2.75, 3.05) is 0 Å². The first kappa shape index (κ1) is 9.78. The molecule has 0 saturated carbocycles. The number of carbonyl (C=O) groups excluding carboxylic acids is 1. The zero-order chi connectivity index (χ0) is 9.84. The molecule has 0 fully saturated rings. The number of rotatable bonds is 3. The Balaban J connectivity index is 2.71. The lowest BCUT2D eigenvalue weighted by Crippen LogP contribution is -2.23. The number of carbonyl (C=O) groups is 1. The van der Waals surface area contributed by atoms with E-state index < -0.39 is 5.97 Å². The van der Waals surface area contributed by atoms with E-state index in [-0.39, 0.29) is 12.3 Å². The number of hydrogen-bond donors (Lipinski definition) is 0. The minimum atomic E-state index is -0.993. The average Bonchev–Trinajstić information content (AvgIpc) is 2.04. The van der Waals surface area contributed by atoms with Crippen LogP contribution in [0.4, 0.5) is 0 Å². The Morgan fingerprint density at radius 1 is 1.38 bits per heavy atom. The Hall–Kier alpha value is -1.31. The van der Waals surface area contributed by atoms with Gasteiger partial charge in [-0.25, -0.2) is 0 Å². The third kappa shape index (κ3) is 2.90. The van der Waals surface area contributed by atoms with Gasteiger partial charge in [0.2, 0.25) is 0 Å². The van der Waals surface area contributed by atoms with Crippen molar-refractivity contribution in [2.45, 2.75) is 26.2 Å². The molecule has 2 nitrogen and oxygen atoms in total. The quantitative estimate of drug-likeness (QED) is 0.696. The fourth-order valence-electron chi connectivity index (χ4n) is 1.26. The summed E-state index contributed by atoms with van der Waals surface area (Å²) in [7, 11) is 0. The molecule has 0 aliphatic rings. The standard InChI is InChI=1S/C11H14O2/c1-8-3-5-10(6-4-8)9(2)7-11(12)13/h3-6,9H,7H2,1-2H3,(H,12,13)/p-1. The number of aryl methyl sites for hydroxylation is 1. The van der Waals surface area contributed by atoms with Gasteiger partial charge in [-0.3, -0.25) is 0 Å². The van der Waals surface area contributed by atoms with Gasteiger partial charge in [0.1, 0.15) is 0 Å². The molecule has 1 unspecified atom stereocenters. The van der Waals surface area contributed by atoms with Crippen LogP contribution in [0.5, 0.6) is 0 Å². The fourth-order valence-corrected chi connectivity index (χ4v) is 1.26. The molecule has 0 radical (unpaired) electrons. The molecule has 0 aliphatic carbocycles. The molecule has 13 heavy (non-hydrogen) atoms. The minimum Gasteiger partial charge on any atom is -0.550 e. The Kier molecular flexibility index (Phi) is 3.07. The van der Waals surface area contributed by atoms with Crippen LogP contribution in [0.3, 0.4) is 0 Å². The lowest BCUT2D eigenvalue weighted by atomic mass is 9.97. The van der Waals surface area contributed by atoms with Crippen molar-refractivity contribution in [3.8, 4) is 0 Å². The van der Waals surface area contributed by atoms with E-state index in [1.54, 1.807) is 0 Å². The van der Waals surface area contributed by atoms with Crippen LogP contribution in [0.15, 0.2) is 24.3 Å². The summed E-state index contributed by atoms with van der Waals surface area (Å²) in [5.41, 5.74) is 2.24. The van der Waals surface area contributed by atoms with E-state index in [9.17, 15) is 9.90 Å². The van der Waals surface area contributed by atoms with Crippen LogP contribution >= 0.6 is 0 Å². The maximum Gasteiger partial charge on any atom is 0.0420 e. The monoisotopic (exact) mass is 177 g/mol. The SMILES string of the molecule is Cc1ccc(C(C)CC(=O)[O-])cc1. The van der Waals surface area contributed by atoms with Gasteiger partial charge < -0.3 is 9.90 Å². The van der Waals surface area contributed by atoms with Gasteiger partial charge in [0, 0.05) is 5.97 Å². The van der Waals surface area contributed by atoms with Crippen molar-refractivity contribution < 1.29 is 9.90 Å². The highest BCUT2D eigenvalue weighted by Crippen LogP contribution is 2.18. The van der Waals surface area contributed by atoms with Crippen molar-refractivity contribution in [3.63, 3.8) is 0 Å². The normalized spacial score (nSPS) is 12.5. The van der Waals surface area contributed by atoms with Crippen LogP contribution in [0.1, 0.15) is 30.4 Å². The van der Waals surface area contributed by atoms with E-state index in [4.69, 9.17) is 0 Å². The van der Waals surface area contributed by atoms with Crippen LogP contribution in [-0.2, 0) is 4.79 Å². The van der Waals surface area contributed by atoms with E-state index in [1.165, 1.54) is 5.56 Å². The number of benzene rings is 1. The molecule has 0 heterocycles. The number of carboxylic acids is 1. The highest BCUT2D eigenvalue weighted by Gasteiger charge is 2.04. The second-order valence-electron chi connectivity index (χ2n) is 3.39. The summed E-state index contributed by atoms with van der Waals surface area (Å²) in [6.45, 7) is 3.90. The summed E-state index contributed by atoms with van der Waals surface area (Å²) < 4.78 is 0. The van der Waals surface area contributed by atoms with E-state index in [0.29, 0.717) is 0 Å². The predicted octanol–water partition coefficient (Wildman–Crippen LogP) is 1.24. The first-order chi connectivity index (χ1) is 6.09. The highest BCUT2D eigenvalue weighted by molar-refractivity contribution is 5.65. The lowest BCUT2D eigenvalue weighted by Gasteiger charge is -2.12.